The minimum atomic E-state index is -4.74. The van der Waals surface area contributed by atoms with Crippen LogP contribution in [0.1, 0.15) is 92.9 Å². The Morgan fingerprint density at radius 1 is 0.576 bits per heavy atom. The van der Waals surface area contributed by atoms with Gasteiger partial charge in [-0.25, -0.2) is 9.13 Å². The van der Waals surface area contributed by atoms with Crippen LogP contribution in [0.3, 0.4) is 0 Å². The summed E-state index contributed by atoms with van der Waals surface area (Å²) in [4.78, 5) is 91.9. The molecule has 0 aliphatic heterocycles. The fraction of sp³-hybridized carbons (Fsp3) is 0.750. The van der Waals surface area contributed by atoms with Gasteiger partial charge in [0, 0.05) is 52.6 Å². The SMILES string of the molecule is C/C=C\CCCC(=O)O[C@H](C)CCOCC(COP(=O)(O)OCCNC(=O)[C@@H](O)[C@@H](O)C(=O)NCCOP(=O)(O)OCC(COCC[C@@H](C)OC(=O)CCC/C=C\C)NC(C)=O)NC(C)=O. The molecule has 0 bridgehead atoms. The highest BCUT2D eigenvalue weighted by Crippen LogP contribution is 2.43. The summed E-state index contributed by atoms with van der Waals surface area (Å²) in [5.41, 5.74) is 0. The van der Waals surface area contributed by atoms with Crippen molar-refractivity contribution in [2.75, 3.05) is 65.9 Å². The topological polar surface area (TPSA) is 339 Å². The van der Waals surface area contributed by atoms with E-state index in [0.29, 0.717) is 25.7 Å². The van der Waals surface area contributed by atoms with E-state index in [1.54, 1.807) is 13.8 Å². The molecule has 0 aromatic heterocycles. The summed E-state index contributed by atoms with van der Waals surface area (Å²) in [6, 6.07) is -1.75. The summed E-state index contributed by atoms with van der Waals surface area (Å²) >= 11 is 0. The third-order valence-electron chi connectivity index (χ3n) is 8.46. The number of allylic oxidation sites excluding steroid dienone is 4. The van der Waals surface area contributed by atoms with Crippen LogP contribution in [0.4, 0.5) is 0 Å². The summed E-state index contributed by atoms with van der Waals surface area (Å²) in [6.07, 6.45) is 6.33. The summed E-state index contributed by atoms with van der Waals surface area (Å²) < 4.78 is 66.0. The van der Waals surface area contributed by atoms with E-state index in [4.69, 9.17) is 37.0 Å². The Morgan fingerprint density at radius 3 is 1.27 bits per heavy atom. The highest BCUT2D eigenvalue weighted by Gasteiger charge is 2.31. The van der Waals surface area contributed by atoms with Gasteiger partial charge in [0.05, 0.1) is 64.9 Å². The number of nitrogens with one attached hydrogen (secondary N) is 4. The molecule has 66 heavy (non-hydrogen) atoms. The van der Waals surface area contributed by atoms with Crippen molar-refractivity contribution < 1.29 is 94.9 Å². The van der Waals surface area contributed by atoms with E-state index in [1.807, 2.05) is 38.2 Å². The Kier molecular flexibility index (Phi) is 34.4. The van der Waals surface area contributed by atoms with Crippen LogP contribution in [-0.2, 0) is 74.9 Å². The summed E-state index contributed by atoms with van der Waals surface area (Å²) in [5, 5.41) is 29.5. The number of amides is 4. The van der Waals surface area contributed by atoms with Crippen LogP contribution in [0, 0.1) is 0 Å². The molecule has 0 heterocycles. The number of ether oxygens (including phenoxy) is 4. The first-order valence-electron chi connectivity index (χ1n) is 21.6. The van der Waals surface area contributed by atoms with Gasteiger partial charge in [0.25, 0.3) is 11.8 Å². The lowest BCUT2D eigenvalue weighted by Crippen LogP contribution is -2.50. The van der Waals surface area contributed by atoms with E-state index < -0.39 is 115 Å². The van der Waals surface area contributed by atoms with Gasteiger partial charge in [0.1, 0.15) is 12.2 Å². The average molecular weight is 991 g/mol. The first-order valence-corrected chi connectivity index (χ1v) is 24.6. The van der Waals surface area contributed by atoms with Crippen LogP contribution < -0.4 is 21.3 Å². The molecular formula is C40H72N4O20P2. The number of unbranched alkanes of at least 4 members (excludes halogenated alkanes) is 2. The largest absolute Gasteiger partial charge is 0.472 e. The molecular weight excluding hydrogens is 918 g/mol. The fourth-order valence-electron chi connectivity index (χ4n) is 5.14. The third kappa shape index (κ3) is 34.6. The molecule has 0 radical (unpaired) electrons. The Hall–Kier alpha value is -3.64. The fourth-order valence-corrected chi connectivity index (χ4v) is 6.67. The van der Waals surface area contributed by atoms with Crippen molar-refractivity contribution in [1.82, 2.24) is 21.3 Å². The third-order valence-corrected chi connectivity index (χ3v) is 10.4. The van der Waals surface area contributed by atoms with Gasteiger partial charge in [0.15, 0.2) is 12.2 Å². The van der Waals surface area contributed by atoms with Crippen molar-refractivity contribution in [3.8, 4) is 0 Å². The molecule has 4 unspecified atom stereocenters. The van der Waals surface area contributed by atoms with Crippen LogP contribution in [0.2, 0.25) is 0 Å². The number of aliphatic hydroxyl groups is 2. The first kappa shape index (κ1) is 62.4. The van der Waals surface area contributed by atoms with E-state index in [2.05, 4.69) is 21.3 Å². The van der Waals surface area contributed by atoms with Gasteiger partial charge < -0.3 is 60.2 Å². The molecule has 0 aliphatic rings. The summed E-state index contributed by atoms with van der Waals surface area (Å²) in [5.74, 6) is -4.15. The summed E-state index contributed by atoms with van der Waals surface area (Å²) in [6.45, 7) is 6.39. The highest BCUT2D eigenvalue weighted by molar-refractivity contribution is 7.47. The predicted molar refractivity (Wildman–Crippen MR) is 236 cm³/mol. The Bertz CT molecular complexity index is 1490. The number of hydrogen-bond acceptors (Lipinski definition) is 18. The van der Waals surface area contributed by atoms with Crippen molar-refractivity contribution in [3.05, 3.63) is 24.3 Å². The first-order chi connectivity index (χ1) is 31.1. The maximum absolute atomic E-state index is 12.4. The molecule has 0 rings (SSSR count). The van der Waals surface area contributed by atoms with E-state index in [9.17, 15) is 57.9 Å². The quantitative estimate of drug-likeness (QED) is 0.0187. The molecule has 26 heteroatoms. The smallest absolute Gasteiger partial charge is 0.463 e. The molecule has 0 saturated carbocycles. The molecule has 382 valence electrons. The Morgan fingerprint density at radius 2 is 0.939 bits per heavy atom. The number of rotatable bonds is 39. The van der Waals surface area contributed by atoms with Crippen LogP contribution >= 0.6 is 15.6 Å². The maximum atomic E-state index is 12.4. The standard InChI is InChI=1S/C40H72N4O20P2/c1-7-9-11-13-15-35(47)63-29(3)17-21-57-25-33(43-31(5)45)27-61-65(53,54)59-23-19-41-39(51)37(49)38(50)40(52)42-20-24-60-66(55,56)62-28-34(44-32(6)46)26-58-22-18-30(4)64-36(48)16-14-12-10-8-2/h7-10,29-30,33-34,37-38,49-50H,11-28H2,1-6H3,(H,41,51)(H,42,52)(H,43,45)(H,44,46)(H,53,54)(H,55,56)/b9-7-,10-8-/t29-,30-,33?,34?,37-,38+/m1/s1. The molecule has 0 aromatic rings. The second-order valence-corrected chi connectivity index (χ2v) is 17.6. The van der Waals surface area contributed by atoms with Crippen LogP contribution in [0.15, 0.2) is 24.3 Å². The Labute approximate surface area is 386 Å². The van der Waals surface area contributed by atoms with Gasteiger partial charge in [-0.1, -0.05) is 24.3 Å². The number of phosphoric acid groups is 2. The van der Waals surface area contributed by atoms with E-state index in [-0.39, 0.29) is 51.2 Å². The average Bonchev–Trinajstić information content (AvgIpc) is 3.24. The minimum Gasteiger partial charge on any atom is -0.463 e. The number of phosphoric ester groups is 2. The number of carbonyl (C=O) groups is 6. The highest BCUT2D eigenvalue weighted by atomic mass is 31.2. The van der Waals surface area contributed by atoms with Crippen molar-refractivity contribution in [1.29, 1.82) is 0 Å². The number of aliphatic hydroxyl groups excluding tert-OH is 2. The molecule has 4 amide bonds. The van der Waals surface area contributed by atoms with Crippen LogP contribution in [0.25, 0.3) is 0 Å². The second-order valence-electron chi connectivity index (χ2n) is 14.7. The van der Waals surface area contributed by atoms with Crippen molar-refractivity contribution in [2.24, 2.45) is 0 Å². The number of hydrogen-bond donors (Lipinski definition) is 8. The zero-order valence-electron chi connectivity index (χ0n) is 38.7. The molecule has 0 fully saturated rings. The van der Waals surface area contributed by atoms with Crippen molar-refractivity contribution in [3.63, 3.8) is 0 Å². The van der Waals surface area contributed by atoms with Gasteiger partial charge >= 0.3 is 27.6 Å². The molecule has 0 aliphatic carbocycles. The lowest BCUT2D eigenvalue weighted by molar-refractivity contribution is -0.150. The zero-order chi connectivity index (χ0) is 50.0. The predicted octanol–water partition coefficient (Wildman–Crippen LogP) is 1.39. The van der Waals surface area contributed by atoms with Crippen LogP contribution in [-0.4, -0.2) is 158 Å². The van der Waals surface area contributed by atoms with Gasteiger partial charge in [-0.3, -0.25) is 46.9 Å². The van der Waals surface area contributed by atoms with E-state index in [0.717, 1.165) is 12.8 Å². The van der Waals surface area contributed by atoms with Crippen LogP contribution in [0.5, 0.6) is 0 Å². The molecule has 8 N–H and O–H groups in total. The van der Waals surface area contributed by atoms with Gasteiger partial charge in [-0.2, -0.15) is 0 Å². The zero-order valence-corrected chi connectivity index (χ0v) is 40.5. The monoisotopic (exact) mass is 990 g/mol. The van der Waals surface area contributed by atoms with E-state index in [1.165, 1.54) is 13.8 Å². The van der Waals surface area contributed by atoms with Gasteiger partial charge in [-0.05, 0) is 53.4 Å². The number of esters is 2. The Balaban J connectivity index is 4.57. The maximum Gasteiger partial charge on any atom is 0.472 e. The van der Waals surface area contributed by atoms with E-state index >= 15 is 0 Å². The molecule has 0 saturated heterocycles. The normalized spacial score (nSPS) is 16.2. The minimum absolute atomic E-state index is 0.128. The molecule has 8 atom stereocenters. The molecule has 0 aromatic carbocycles. The molecule has 0 spiro atoms. The lowest BCUT2D eigenvalue weighted by atomic mass is 10.2. The molecule has 24 nitrogen and oxygen atoms in total. The van der Waals surface area contributed by atoms with Gasteiger partial charge in [0.2, 0.25) is 11.8 Å². The van der Waals surface area contributed by atoms with Gasteiger partial charge in [-0.15, -0.1) is 0 Å². The number of carbonyl (C=O) groups excluding carboxylic acids is 6. The van der Waals surface area contributed by atoms with Crippen molar-refractivity contribution >= 4 is 51.2 Å². The van der Waals surface area contributed by atoms with Crippen molar-refractivity contribution in [2.45, 2.75) is 129 Å². The second kappa shape index (κ2) is 36.4. The summed E-state index contributed by atoms with van der Waals surface area (Å²) in [7, 11) is -9.49. The lowest BCUT2D eigenvalue weighted by Gasteiger charge is -2.21.